The molecule has 1 saturated heterocycles. The summed E-state index contributed by atoms with van der Waals surface area (Å²) in [6.07, 6.45) is 3.39. The maximum atomic E-state index is 5.97. The van der Waals surface area contributed by atoms with Crippen LogP contribution >= 0.6 is 0 Å². The van der Waals surface area contributed by atoms with E-state index in [0.29, 0.717) is 12.5 Å². The molecule has 2 rings (SSSR count). The average molecular weight is 249 g/mol. The van der Waals surface area contributed by atoms with Gasteiger partial charge >= 0.3 is 0 Å². The number of benzene rings is 1. The second kappa shape index (κ2) is 6.76. The van der Waals surface area contributed by atoms with Crippen LogP contribution in [0.3, 0.4) is 0 Å². The summed E-state index contributed by atoms with van der Waals surface area (Å²) in [5.74, 6) is 1.44. The Balaban J connectivity index is 1.97. The lowest BCUT2D eigenvalue weighted by Crippen LogP contribution is -2.28. The van der Waals surface area contributed by atoms with E-state index in [-0.39, 0.29) is 6.10 Å². The van der Waals surface area contributed by atoms with Gasteiger partial charge in [0.1, 0.15) is 11.9 Å². The summed E-state index contributed by atoms with van der Waals surface area (Å²) < 4.78 is 11.4. The first-order valence-electron chi connectivity index (χ1n) is 6.84. The predicted octanol–water partition coefficient (Wildman–Crippen LogP) is 2.70. The zero-order valence-electron chi connectivity index (χ0n) is 11.1. The molecule has 0 amide bonds. The van der Waals surface area contributed by atoms with E-state index in [9.17, 15) is 0 Å². The second-order valence-corrected chi connectivity index (χ2v) is 5.01. The molecule has 0 saturated carbocycles. The highest BCUT2D eigenvalue weighted by Crippen LogP contribution is 2.24. The van der Waals surface area contributed by atoms with E-state index in [2.05, 4.69) is 25.1 Å². The van der Waals surface area contributed by atoms with Crippen molar-refractivity contribution in [2.75, 3.05) is 19.8 Å². The lowest BCUT2D eigenvalue weighted by molar-refractivity contribution is 0.00739. The number of ether oxygens (including phenoxy) is 2. The fraction of sp³-hybridized carbons (Fsp3) is 0.600. The van der Waals surface area contributed by atoms with Gasteiger partial charge in [0, 0.05) is 6.61 Å². The Bertz CT molecular complexity index is 361. The Kier molecular flexibility index (Phi) is 5.02. The van der Waals surface area contributed by atoms with Crippen molar-refractivity contribution in [2.24, 2.45) is 5.73 Å². The van der Waals surface area contributed by atoms with Crippen molar-refractivity contribution in [3.05, 3.63) is 29.8 Å². The van der Waals surface area contributed by atoms with E-state index >= 15 is 0 Å². The van der Waals surface area contributed by atoms with Gasteiger partial charge in [0.15, 0.2) is 0 Å². The van der Waals surface area contributed by atoms with Gasteiger partial charge in [0.2, 0.25) is 0 Å². The van der Waals surface area contributed by atoms with Crippen molar-refractivity contribution >= 4 is 0 Å². The SMILES string of the molecule is CC(CCN)c1cccc(OC2CCCOC2)c1. The molecule has 1 aliphatic rings. The third-order valence-corrected chi connectivity index (χ3v) is 3.45. The standard InChI is InChI=1S/C15H23NO2/c1-12(7-8-16)13-4-2-5-14(10-13)18-15-6-3-9-17-11-15/h2,4-5,10,12,15H,3,6-9,11,16H2,1H3. The molecule has 3 nitrogen and oxygen atoms in total. The van der Waals surface area contributed by atoms with Crippen molar-refractivity contribution in [1.29, 1.82) is 0 Å². The van der Waals surface area contributed by atoms with Gasteiger partial charge in [-0.05, 0) is 49.4 Å². The smallest absolute Gasteiger partial charge is 0.122 e. The number of hydrogen-bond donors (Lipinski definition) is 1. The van der Waals surface area contributed by atoms with E-state index in [1.807, 2.05) is 6.07 Å². The van der Waals surface area contributed by atoms with E-state index < -0.39 is 0 Å². The molecule has 3 heteroatoms. The fourth-order valence-corrected chi connectivity index (χ4v) is 2.31. The van der Waals surface area contributed by atoms with Gasteiger partial charge in [-0.25, -0.2) is 0 Å². The first-order chi connectivity index (χ1) is 8.79. The number of hydrogen-bond acceptors (Lipinski definition) is 3. The summed E-state index contributed by atoms with van der Waals surface area (Å²) in [5.41, 5.74) is 6.91. The van der Waals surface area contributed by atoms with E-state index in [1.165, 1.54) is 5.56 Å². The number of rotatable bonds is 5. The van der Waals surface area contributed by atoms with Gasteiger partial charge in [0.05, 0.1) is 6.61 Å². The minimum atomic E-state index is 0.207. The molecular formula is C15H23NO2. The Morgan fingerprint density at radius 3 is 3.11 bits per heavy atom. The molecule has 0 bridgehead atoms. The van der Waals surface area contributed by atoms with Crippen molar-refractivity contribution in [1.82, 2.24) is 0 Å². The van der Waals surface area contributed by atoms with Crippen molar-refractivity contribution < 1.29 is 9.47 Å². The highest BCUT2D eigenvalue weighted by Gasteiger charge is 2.15. The monoisotopic (exact) mass is 249 g/mol. The highest BCUT2D eigenvalue weighted by molar-refractivity contribution is 5.30. The zero-order chi connectivity index (χ0) is 12.8. The maximum absolute atomic E-state index is 5.97. The maximum Gasteiger partial charge on any atom is 0.122 e. The summed E-state index contributed by atoms with van der Waals surface area (Å²) in [7, 11) is 0. The summed E-state index contributed by atoms with van der Waals surface area (Å²) in [5, 5.41) is 0. The van der Waals surface area contributed by atoms with Crippen LogP contribution in [-0.2, 0) is 4.74 Å². The average Bonchev–Trinajstić information content (AvgIpc) is 2.40. The van der Waals surface area contributed by atoms with Gasteiger partial charge < -0.3 is 15.2 Å². The summed E-state index contributed by atoms with van der Waals surface area (Å²) in [6.45, 7) is 4.51. The van der Waals surface area contributed by atoms with Gasteiger partial charge in [-0.2, -0.15) is 0 Å². The van der Waals surface area contributed by atoms with Crippen LogP contribution < -0.4 is 10.5 Å². The number of nitrogens with two attached hydrogens (primary N) is 1. The first kappa shape index (κ1) is 13.4. The molecule has 0 radical (unpaired) electrons. The minimum Gasteiger partial charge on any atom is -0.488 e. The van der Waals surface area contributed by atoms with E-state index in [1.54, 1.807) is 0 Å². The Hall–Kier alpha value is -1.06. The van der Waals surface area contributed by atoms with Crippen LogP contribution in [-0.4, -0.2) is 25.9 Å². The first-order valence-corrected chi connectivity index (χ1v) is 6.84. The van der Waals surface area contributed by atoms with Crippen LogP contribution in [0.4, 0.5) is 0 Å². The molecule has 2 atom stereocenters. The molecule has 0 aliphatic carbocycles. The van der Waals surface area contributed by atoms with Gasteiger partial charge in [0.25, 0.3) is 0 Å². The van der Waals surface area contributed by atoms with Crippen molar-refractivity contribution in [3.8, 4) is 5.75 Å². The topological polar surface area (TPSA) is 44.5 Å². The normalized spacial score (nSPS) is 21.6. The van der Waals surface area contributed by atoms with Crippen LogP contribution in [0.25, 0.3) is 0 Å². The molecule has 0 aromatic heterocycles. The van der Waals surface area contributed by atoms with Crippen molar-refractivity contribution in [2.45, 2.75) is 38.2 Å². The third kappa shape index (κ3) is 3.72. The van der Waals surface area contributed by atoms with Crippen LogP contribution in [0.1, 0.15) is 37.7 Å². The van der Waals surface area contributed by atoms with Crippen LogP contribution in [0, 0.1) is 0 Å². The molecule has 100 valence electrons. The van der Waals surface area contributed by atoms with Crippen LogP contribution in [0.15, 0.2) is 24.3 Å². The van der Waals surface area contributed by atoms with Gasteiger partial charge in [-0.3, -0.25) is 0 Å². The lowest BCUT2D eigenvalue weighted by atomic mass is 9.98. The Labute approximate surface area is 109 Å². The van der Waals surface area contributed by atoms with Crippen molar-refractivity contribution in [3.63, 3.8) is 0 Å². The summed E-state index contributed by atoms with van der Waals surface area (Å²) in [4.78, 5) is 0. The molecule has 18 heavy (non-hydrogen) atoms. The van der Waals surface area contributed by atoms with Crippen LogP contribution in [0.2, 0.25) is 0 Å². The minimum absolute atomic E-state index is 0.207. The fourth-order valence-electron chi connectivity index (χ4n) is 2.31. The third-order valence-electron chi connectivity index (χ3n) is 3.45. The quantitative estimate of drug-likeness (QED) is 0.872. The largest absolute Gasteiger partial charge is 0.488 e. The predicted molar refractivity (Wildman–Crippen MR) is 73.0 cm³/mol. The molecule has 1 aromatic rings. The highest BCUT2D eigenvalue weighted by atomic mass is 16.5. The Morgan fingerprint density at radius 1 is 1.50 bits per heavy atom. The molecule has 2 N–H and O–H groups in total. The Morgan fingerprint density at radius 2 is 2.39 bits per heavy atom. The second-order valence-electron chi connectivity index (χ2n) is 5.01. The molecular weight excluding hydrogens is 226 g/mol. The summed E-state index contributed by atoms with van der Waals surface area (Å²) in [6, 6.07) is 8.36. The van der Waals surface area contributed by atoms with Crippen LogP contribution in [0.5, 0.6) is 5.75 Å². The molecule has 1 aliphatic heterocycles. The van der Waals surface area contributed by atoms with Gasteiger partial charge in [-0.15, -0.1) is 0 Å². The molecule has 1 aromatic carbocycles. The molecule has 2 unspecified atom stereocenters. The van der Waals surface area contributed by atoms with E-state index in [4.69, 9.17) is 15.2 Å². The van der Waals surface area contributed by atoms with E-state index in [0.717, 1.165) is 38.2 Å². The molecule has 1 heterocycles. The van der Waals surface area contributed by atoms with Gasteiger partial charge in [-0.1, -0.05) is 19.1 Å². The summed E-state index contributed by atoms with van der Waals surface area (Å²) >= 11 is 0. The molecule has 1 fully saturated rings. The molecule has 0 spiro atoms. The zero-order valence-corrected chi connectivity index (χ0v) is 11.1. The lowest BCUT2D eigenvalue weighted by Gasteiger charge is -2.23.